The van der Waals surface area contributed by atoms with Crippen LogP contribution in [-0.4, -0.2) is 23.8 Å². The van der Waals surface area contributed by atoms with Gasteiger partial charge in [0.15, 0.2) is 0 Å². The monoisotopic (exact) mass is 423 g/mol. The summed E-state index contributed by atoms with van der Waals surface area (Å²) in [5.41, 5.74) is 0.557. The van der Waals surface area contributed by atoms with Gasteiger partial charge in [0, 0.05) is 22.0 Å². The summed E-state index contributed by atoms with van der Waals surface area (Å²) < 4.78 is 22.1. The maximum absolute atomic E-state index is 14.8. The highest BCUT2D eigenvalue weighted by Crippen LogP contribution is 2.56. The van der Waals surface area contributed by atoms with Crippen molar-refractivity contribution in [1.29, 1.82) is 0 Å². The molecule has 6 heteroatoms. The molecule has 1 unspecified atom stereocenters. The van der Waals surface area contributed by atoms with Crippen LogP contribution < -0.4 is 10.6 Å². The van der Waals surface area contributed by atoms with E-state index in [0.717, 1.165) is 15.5 Å². The van der Waals surface area contributed by atoms with Gasteiger partial charge in [0.1, 0.15) is 0 Å². The number of benzene rings is 2. The molecule has 1 atom stereocenters. The number of thiophene rings is 1. The first-order chi connectivity index (χ1) is 14.2. The molecule has 4 rings (SSSR count). The van der Waals surface area contributed by atoms with Crippen LogP contribution in [-0.2, 0) is 14.1 Å². The molecular weight excluding hydrogens is 401 g/mol. The lowest BCUT2D eigenvalue weighted by atomic mass is 10.1. The molecule has 0 radical (unpaired) electrons. The molecule has 3 aromatic rings. The Hall–Kier alpha value is -2.46. The Morgan fingerprint density at radius 2 is 1.66 bits per heavy atom. The van der Waals surface area contributed by atoms with E-state index in [1.165, 1.54) is 0 Å². The van der Waals surface area contributed by atoms with E-state index in [1.54, 1.807) is 18.3 Å². The molecule has 2 heterocycles. The zero-order valence-corrected chi connectivity index (χ0v) is 17.8. The number of carbonyl (C=O) groups is 1. The van der Waals surface area contributed by atoms with E-state index in [4.69, 9.17) is 4.74 Å². The van der Waals surface area contributed by atoms with Crippen LogP contribution >= 0.6 is 18.6 Å². The van der Waals surface area contributed by atoms with E-state index in [9.17, 15) is 9.36 Å². The maximum atomic E-state index is 14.8. The third kappa shape index (κ3) is 3.62. The molecule has 0 amide bonds. The van der Waals surface area contributed by atoms with E-state index in [-0.39, 0.29) is 5.97 Å². The minimum Gasteiger partial charge on any atom is -0.463 e. The molecule has 0 spiro atoms. The third-order valence-corrected chi connectivity index (χ3v) is 9.03. The molecular formula is C23H22NO3PS. The quantitative estimate of drug-likeness (QED) is 0.432. The van der Waals surface area contributed by atoms with Crippen LogP contribution in [0.15, 0.2) is 89.8 Å². The summed E-state index contributed by atoms with van der Waals surface area (Å²) in [5, 5.41) is 3.49. The topological polar surface area (TPSA) is 46.6 Å². The summed E-state index contributed by atoms with van der Waals surface area (Å²) in [5.74, 6) is -0.346. The molecule has 1 aromatic heterocycles. The van der Waals surface area contributed by atoms with Gasteiger partial charge in [-0.1, -0.05) is 48.5 Å². The lowest BCUT2D eigenvalue weighted by molar-refractivity contribution is -0.138. The third-order valence-electron chi connectivity index (χ3n) is 4.99. The van der Waals surface area contributed by atoms with E-state index >= 15 is 0 Å². The lowest BCUT2D eigenvalue weighted by Crippen LogP contribution is -2.33. The van der Waals surface area contributed by atoms with Crippen molar-refractivity contribution in [3.63, 3.8) is 0 Å². The van der Waals surface area contributed by atoms with Gasteiger partial charge in [0.2, 0.25) is 7.29 Å². The summed E-state index contributed by atoms with van der Waals surface area (Å²) in [7, 11) is -3.18. The van der Waals surface area contributed by atoms with E-state index in [0.29, 0.717) is 18.7 Å². The lowest BCUT2D eigenvalue weighted by Gasteiger charge is -2.34. The number of rotatable bonds is 6. The fourth-order valence-corrected chi connectivity index (χ4v) is 7.57. The van der Waals surface area contributed by atoms with Gasteiger partial charge in [-0.25, -0.2) is 9.46 Å². The number of hydrogen-bond donors (Lipinski definition) is 0. The molecule has 0 aliphatic carbocycles. The predicted molar refractivity (Wildman–Crippen MR) is 118 cm³/mol. The van der Waals surface area contributed by atoms with Crippen molar-refractivity contribution in [1.82, 2.24) is 4.67 Å². The first-order valence-electron chi connectivity index (χ1n) is 9.55. The SMILES string of the molecule is CCOC(=O)C1=CCN(P(=O)(c2ccccc2)c2ccccc2)C1c1cccs1. The molecule has 0 N–H and O–H groups in total. The van der Waals surface area contributed by atoms with Crippen molar-refractivity contribution in [2.45, 2.75) is 13.0 Å². The maximum Gasteiger partial charge on any atom is 0.335 e. The fraction of sp³-hybridized carbons (Fsp3) is 0.174. The van der Waals surface area contributed by atoms with E-state index < -0.39 is 13.3 Å². The van der Waals surface area contributed by atoms with Crippen molar-refractivity contribution in [2.24, 2.45) is 0 Å². The van der Waals surface area contributed by atoms with E-state index in [1.807, 2.05) is 88.9 Å². The van der Waals surface area contributed by atoms with Crippen molar-refractivity contribution in [3.05, 3.63) is 94.7 Å². The van der Waals surface area contributed by atoms with Crippen LogP contribution in [0.1, 0.15) is 17.8 Å². The zero-order chi connectivity index (χ0) is 20.3. The predicted octanol–water partition coefficient (Wildman–Crippen LogP) is 4.52. The van der Waals surface area contributed by atoms with Crippen molar-refractivity contribution < 1.29 is 14.1 Å². The van der Waals surface area contributed by atoms with Crippen LogP contribution in [0, 0.1) is 0 Å². The Morgan fingerprint density at radius 3 is 2.17 bits per heavy atom. The molecule has 1 aliphatic rings. The number of hydrogen-bond acceptors (Lipinski definition) is 4. The normalized spacial score (nSPS) is 17.1. The minimum absolute atomic E-state index is 0.308. The smallest absolute Gasteiger partial charge is 0.335 e. The Bertz CT molecular complexity index is 1000. The zero-order valence-electron chi connectivity index (χ0n) is 16.1. The minimum atomic E-state index is -3.18. The van der Waals surface area contributed by atoms with Crippen LogP contribution in [0.4, 0.5) is 0 Å². The number of esters is 1. The molecule has 1 aliphatic heterocycles. The standard InChI is InChI=1S/C23H22NO3PS/c1-2-27-23(25)20-15-16-24(22(20)21-14-9-17-29-21)28(26,18-10-5-3-6-11-18)19-12-7-4-8-13-19/h3-15,17,22H,2,16H2,1H3. The fourth-order valence-electron chi connectivity index (χ4n) is 3.71. The Labute approximate surface area is 174 Å². The van der Waals surface area contributed by atoms with Crippen LogP contribution in [0.5, 0.6) is 0 Å². The van der Waals surface area contributed by atoms with Gasteiger partial charge < -0.3 is 4.74 Å². The Morgan fingerprint density at radius 1 is 1.03 bits per heavy atom. The molecule has 0 saturated heterocycles. The molecule has 4 nitrogen and oxygen atoms in total. The summed E-state index contributed by atoms with van der Waals surface area (Å²) in [6, 6.07) is 22.6. The summed E-state index contributed by atoms with van der Waals surface area (Å²) in [6.45, 7) is 2.52. The summed E-state index contributed by atoms with van der Waals surface area (Å²) in [6.07, 6.45) is 1.86. The van der Waals surface area contributed by atoms with Gasteiger partial charge in [-0.15, -0.1) is 11.3 Å². The molecule has 0 fully saturated rings. The largest absolute Gasteiger partial charge is 0.463 e. The van der Waals surface area contributed by atoms with Gasteiger partial charge in [0.05, 0.1) is 18.2 Å². The average molecular weight is 423 g/mol. The second kappa shape index (κ2) is 8.50. The van der Waals surface area contributed by atoms with Crippen molar-refractivity contribution >= 4 is 35.2 Å². The molecule has 29 heavy (non-hydrogen) atoms. The highest BCUT2D eigenvalue weighted by atomic mass is 32.1. The summed E-state index contributed by atoms with van der Waals surface area (Å²) in [4.78, 5) is 13.7. The molecule has 0 saturated carbocycles. The van der Waals surface area contributed by atoms with Gasteiger partial charge in [-0.3, -0.25) is 4.57 Å². The first-order valence-corrected chi connectivity index (χ1v) is 12.1. The van der Waals surface area contributed by atoms with Gasteiger partial charge in [-0.05, 0) is 42.6 Å². The van der Waals surface area contributed by atoms with Crippen molar-refractivity contribution in [2.75, 3.05) is 13.2 Å². The molecule has 148 valence electrons. The van der Waals surface area contributed by atoms with Gasteiger partial charge in [-0.2, -0.15) is 0 Å². The Kier molecular flexibility index (Phi) is 5.81. The Balaban J connectivity index is 1.87. The van der Waals surface area contributed by atoms with Crippen molar-refractivity contribution in [3.8, 4) is 0 Å². The van der Waals surface area contributed by atoms with E-state index in [2.05, 4.69) is 0 Å². The first kappa shape index (κ1) is 19.8. The number of ether oxygens (including phenoxy) is 1. The van der Waals surface area contributed by atoms with Crippen LogP contribution in [0.25, 0.3) is 0 Å². The average Bonchev–Trinajstić information content (AvgIpc) is 3.44. The summed E-state index contributed by atoms with van der Waals surface area (Å²) >= 11 is 1.56. The number of nitrogens with zero attached hydrogens (tertiary/aromatic N) is 1. The van der Waals surface area contributed by atoms with Gasteiger partial charge >= 0.3 is 5.97 Å². The second-order valence-corrected chi connectivity index (χ2v) is 10.3. The molecule has 0 bridgehead atoms. The second-order valence-electron chi connectivity index (χ2n) is 6.67. The highest BCUT2D eigenvalue weighted by molar-refractivity contribution is 7.76. The highest BCUT2D eigenvalue weighted by Gasteiger charge is 2.45. The van der Waals surface area contributed by atoms with Gasteiger partial charge in [0.25, 0.3) is 0 Å². The van der Waals surface area contributed by atoms with Crippen LogP contribution in [0.3, 0.4) is 0 Å². The van der Waals surface area contributed by atoms with Crippen LogP contribution in [0.2, 0.25) is 0 Å². The number of carbonyl (C=O) groups excluding carboxylic acids is 1. The molecule has 2 aromatic carbocycles.